The zero-order valence-electron chi connectivity index (χ0n) is 13.0. The summed E-state index contributed by atoms with van der Waals surface area (Å²) in [7, 11) is 0. The number of aromatic nitrogens is 1. The first-order valence-electron chi connectivity index (χ1n) is 7.54. The number of benzene rings is 1. The number of ketones is 1. The molecule has 1 aliphatic heterocycles. The van der Waals surface area contributed by atoms with Crippen LogP contribution in [-0.2, 0) is 10.3 Å². The summed E-state index contributed by atoms with van der Waals surface area (Å²) in [5, 5.41) is 2.66. The van der Waals surface area contributed by atoms with Crippen LogP contribution in [0.2, 0.25) is 0 Å². The van der Waals surface area contributed by atoms with E-state index in [0.717, 1.165) is 4.90 Å². The van der Waals surface area contributed by atoms with Crippen molar-refractivity contribution in [1.82, 2.24) is 15.2 Å². The molecular formula is C17H16FN3O3. The summed E-state index contributed by atoms with van der Waals surface area (Å²) in [6.07, 6.45) is 1.88. The third-order valence-electron chi connectivity index (χ3n) is 4.24. The molecule has 3 amide bonds. The number of nitrogens with one attached hydrogen (secondary N) is 2. The van der Waals surface area contributed by atoms with E-state index < -0.39 is 23.3 Å². The van der Waals surface area contributed by atoms with Crippen LogP contribution >= 0.6 is 0 Å². The molecule has 6 nitrogen and oxygen atoms in total. The minimum atomic E-state index is -1.28. The van der Waals surface area contributed by atoms with Gasteiger partial charge in [0, 0.05) is 6.20 Å². The molecule has 1 saturated heterocycles. The molecule has 7 heteroatoms. The van der Waals surface area contributed by atoms with Crippen LogP contribution in [0.1, 0.15) is 29.4 Å². The van der Waals surface area contributed by atoms with Crippen molar-refractivity contribution in [2.45, 2.75) is 18.9 Å². The highest BCUT2D eigenvalue weighted by atomic mass is 19.1. The smallest absolute Gasteiger partial charge is 0.325 e. The highest BCUT2D eigenvalue weighted by Gasteiger charge is 2.51. The molecule has 1 aliphatic rings. The Hall–Kier alpha value is -2.96. The van der Waals surface area contributed by atoms with Gasteiger partial charge in [-0.3, -0.25) is 14.5 Å². The van der Waals surface area contributed by atoms with Crippen molar-refractivity contribution in [3.63, 3.8) is 0 Å². The van der Waals surface area contributed by atoms with Crippen LogP contribution < -0.4 is 5.32 Å². The maximum absolute atomic E-state index is 13.2. The number of aromatic amines is 1. The number of urea groups is 1. The first-order chi connectivity index (χ1) is 11.5. The number of halogens is 1. The lowest BCUT2D eigenvalue weighted by Crippen LogP contribution is -2.43. The van der Waals surface area contributed by atoms with Gasteiger partial charge in [0.15, 0.2) is 5.78 Å². The third-order valence-corrected chi connectivity index (χ3v) is 4.24. The summed E-state index contributed by atoms with van der Waals surface area (Å²) >= 11 is 0. The fourth-order valence-corrected chi connectivity index (χ4v) is 2.88. The molecule has 124 valence electrons. The predicted octanol–water partition coefficient (Wildman–Crippen LogP) is 2.19. The normalized spacial score (nSPS) is 20.3. The van der Waals surface area contributed by atoms with Crippen molar-refractivity contribution in [3.05, 3.63) is 59.7 Å². The van der Waals surface area contributed by atoms with Crippen molar-refractivity contribution >= 4 is 17.7 Å². The van der Waals surface area contributed by atoms with Crippen LogP contribution in [-0.4, -0.2) is 34.2 Å². The Morgan fingerprint density at radius 2 is 1.92 bits per heavy atom. The SMILES string of the molecule is CC[C@]1(c2ccc(F)cc2)NC(=O)N(CC(=O)c2ccc[nH]2)C1=O. The Labute approximate surface area is 137 Å². The first-order valence-corrected chi connectivity index (χ1v) is 7.54. The summed E-state index contributed by atoms with van der Waals surface area (Å²) in [4.78, 5) is 40.9. The number of nitrogens with zero attached hydrogens (tertiary/aromatic N) is 1. The van der Waals surface area contributed by atoms with Gasteiger partial charge in [-0.1, -0.05) is 19.1 Å². The second-order valence-electron chi connectivity index (χ2n) is 5.59. The van der Waals surface area contributed by atoms with E-state index in [-0.39, 0.29) is 18.7 Å². The van der Waals surface area contributed by atoms with Crippen LogP contribution in [0.3, 0.4) is 0 Å². The molecule has 1 aromatic heterocycles. The molecule has 1 fully saturated rings. The lowest BCUT2D eigenvalue weighted by atomic mass is 9.87. The largest absolute Gasteiger partial charge is 0.359 e. The lowest BCUT2D eigenvalue weighted by Gasteiger charge is -2.25. The van der Waals surface area contributed by atoms with E-state index in [0.29, 0.717) is 11.3 Å². The van der Waals surface area contributed by atoms with Gasteiger partial charge in [-0.05, 0) is 36.2 Å². The van der Waals surface area contributed by atoms with Crippen molar-refractivity contribution in [2.75, 3.05) is 6.54 Å². The van der Waals surface area contributed by atoms with Crippen LogP contribution in [0.4, 0.5) is 9.18 Å². The summed E-state index contributed by atoms with van der Waals surface area (Å²) in [5.74, 6) is -1.31. The molecular weight excluding hydrogens is 313 g/mol. The summed E-state index contributed by atoms with van der Waals surface area (Å²) < 4.78 is 13.2. The highest BCUT2D eigenvalue weighted by molar-refractivity contribution is 6.11. The maximum atomic E-state index is 13.2. The highest BCUT2D eigenvalue weighted by Crippen LogP contribution is 2.32. The molecule has 0 unspecified atom stereocenters. The Balaban J connectivity index is 1.89. The fraction of sp³-hybridized carbons (Fsp3) is 0.235. The number of carbonyl (C=O) groups is 3. The van der Waals surface area contributed by atoms with Gasteiger partial charge < -0.3 is 10.3 Å². The number of imide groups is 1. The van der Waals surface area contributed by atoms with E-state index >= 15 is 0 Å². The lowest BCUT2D eigenvalue weighted by molar-refractivity contribution is -0.131. The van der Waals surface area contributed by atoms with Crippen LogP contribution in [0.15, 0.2) is 42.6 Å². The summed E-state index contributed by atoms with van der Waals surface area (Å²) in [6, 6.07) is 8.01. The number of rotatable bonds is 5. The van der Waals surface area contributed by atoms with E-state index in [1.165, 1.54) is 24.3 Å². The minimum absolute atomic E-state index is 0.288. The number of carbonyl (C=O) groups excluding carboxylic acids is 3. The molecule has 0 spiro atoms. The number of Topliss-reactive ketones (excluding diaryl/α,β-unsaturated/α-hetero) is 1. The molecule has 3 rings (SSSR count). The molecule has 2 N–H and O–H groups in total. The van der Waals surface area contributed by atoms with Gasteiger partial charge in [-0.25, -0.2) is 9.18 Å². The molecule has 0 bridgehead atoms. The van der Waals surface area contributed by atoms with E-state index in [9.17, 15) is 18.8 Å². The Kier molecular flexibility index (Phi) is 3.92. The molecule has 1 atom stereocenters. The Morgan fingerprint density at radius 3 is 2.50 bits per heavy atom. The van der Waals surface area contributed by atoms with Gasteiger partial charge >= 0.3 is 6.03 Å². The monoisotopic (exact) mass is 329 g/mol. The second kappa shape index (κ2) is 5.92. The number of hydrogen-bond donors (Lipinski definition) is 2. The molecule has 2 heterocycles. The van der Waals surface area contributed by atoms with Crippen molar-refractivity contribution in [1.29, 1.82) is 0 Å². The van der Waals surface area contributed by atoms with E-state index in [1.807, 2.05) is 0 Å². The number of hydrogen-bond acceptors (Lipinski definition) is 3. The number of H-pyrrole nitrogens is 1. The Morgan fingerprint density at radius 1 is 1.21 bits per heavy atom. The van der Waals surface area contributed by atoms with Gasteiger partial charge in [0.05, 0.1) is 12.2 Å². The van der Waals surface area contributed by atoms with Crippen LogP contribution in [0.5, 0.6) is 0 Å². The van der Waals surface area contributed by atoms with Crippen LogP contribution in [0.25, 0.3) is 0 Å². The van der Waals surface area contributed by atoms with Gasteiger partial charge in [0.1, 0.15) is 11.4 Å². The molecule has 1 aromatic carbocycles. The topological polar surface area (TPSA) is 82.3 Å². The zero-order valence-corrected chi connectivity index (χ0v) is 13.0. The van der Waals surface area contributed by atoms with Gasteiger partial charge in [-0.15, -0.1) is 0 Å². The maximum Gasteiger partial charge on any atom is 0.325 e. The Bertz CT molecular complexity index is 786. The van der Waals surface area contributed by atoms with Gasteiger partial charge in [0.2, 0.25) is 0 Å². The quantitative estimate of drug-likeness (QED) is 0.652. The van der Waals surface area contributed by atoms with E-state index in [2.05, 4.69) is 10.3 Å². The fourth-order valence-electron chi connectivity index (χ4n) is 2.88. The second-order valence-corrected chi connectivity index (χ2v) is 5.59. The van der Waals surface area contributed by atoms with Crippen molar-refractivity contribution in [2.24, 2.45) is 0 Å². The third kappa shape index (κ3) is 2.47. The zero-order chi connectivity index (χ0) is 17.3. The minimum Gasteiger partial charge on any atom is -0.359 e. The van der Waals surface area contributed by atoms with E-state index in [1.54, 1.807) is 25.3 Å². The molecule has 2 aromatic rings. The molecule has 0 radical (unpaired) electrons. The van der Waals surface area contributed by atoms with Crippen molar-refractivity contribution < 1.29 is 18.8 Å². The standard InChI is InChI=1S/C17H16FN3O3/c1-2-17(11-5-7-12(18)8-6-11)15(23)21(16(24)20-17)10-14(22)13-4-3-9-19-13/h3-9,19H,2,10H2,1H3,(H,20,24)/t17-/m1/s1. The van der Waals surface area contributed by atoms with Crippen LogP contribution in [0, 0.1) is 5.82 Å². The van der Waals surface area contributed by atoms with Gasteiger partial charge in [-0.2, -0.15) is 0 Å². The average Bonchev–Trinajstić information content (AvgIpc) is 3.19. The van der Waals surface area contributed by atoms with Crippen molar-refractivity contribution in [3.8, 4) is 0 Å². The summed E-state index contributed by atoms with van der Waals surface area (Å²) in [5.41, 5.74) is -0.466. The van der Waals surface area contributed by atoms with E-state index in [4.69, 9.17) is 0 Å². The van der Waals surface area contributed by atoms with Gasteiger partial charge in [0.25, 0.3) is 5.91 Å². The number of amides is 3. The molecule has 0 aliphatic carbocycles. The first kappa shape index (κ1) is 15.9. The molecule has 24 heavy (non-hydrogen) atoms. The average molecular weight is 329 g/mol. The predicted molar refractivity (Wildman–Crippen MR) is 83.7 cm³/mol. The molecule has 0 saturated carbocycles. The summed E-state index contributed by atoms with van der Waals surface area (Å²) in [6.45, 7) is 1.39.